The van der Waals surface area contributed by atoms with Crippen LogP contribution in [0.25, 0.3) is 33.3 Å². The molecule has 188 valence electrons. The normalized spacial score (nSPS) is 12.3. The van der Waals surface area contributed by atoms with Crippen LogP contribution in [-0.4, -0.2) is 24.7 Å². The number of rotatable bonds is 4. The number of nitrogens with one attached hydrogen (secondary N) is 1. The summed E-state index contributed by atoms with van der Waals surface area (Å²) in [7, 11) is 0. The van der Waals surface area contributed by atoms with Gasteiger partial charge in [0, 0.05) is 35.6 Å². The number of pyridine rings is 3. The fraction of sp³-hybridized carbons (Fsp3) is 0.120. The van der Waals surface area contributed by atoms with Gasteiger partial charge in [0.2, 0.25) is 0 Å². The SMILES string of the molecule is O=c1cc(-c2ccc3[nH]nc(-c4ccnc(C(F)(F)F)c4)c3c2)ccn1Cc1ccnc(C(F)(F)F)c1. The lowest BCUT2D eigenvalue weighted by Crippen LogP contribution is -2.19. The number of hydrogen-bond acceptors (Lipinski definition) is 4. The summed E-state index contributed by atoms with van der Waals surface area (Å²) in [5, 5.41) is 7.48. The van der Waals surface area contributed by atoms with E-state index >= 15 is 0 Å². The standard InChI is InChI=1S/C25H15F6N5O/c26-24(27,28)20-9-14(3-6-32-20)13-36-8-5-16(12-22(36)37)15-1-2-19-18(10-15)23(35-34-19)17-4-7-33-21(11-17)25(29,30)31/h1-12H,13H2,(H,34,35). The van der Waals surface area contributed by atoms with Crippen LogP contribution in [0.5, 0.6) is 0 Å². The largest absolute Gasteiger partial charge is 0.433 e. The van der Waals surface area contributed by atoms with Gasteiger partial charge in [0.25, 0.3) is 5.56 Å². The molecule has 12 heteroatoms. The van der Waals surface area contributed by atoms with Crippen LogP contribution in [0.3, 0.4) is 0 Å². The molecule has 5 aromatic rings. The molecule has 0 radical (unpaired) electrons. The summed E-state index contributed by atoms with van der Waals surface area (Å²) < 4.78 is 79.4. The van der Waals surface area contributed by atoms with Gasteiger partial charge in [0.05, 0.1) is 12.1 Å². The summed E-state index contributed by atoms with van der Waals surface area (Å²) in [6.45, 7) is -0.0841. The molecule has 4 aromatic heterocycles. The van der Waals surface area contributed by atoms with Crippen molar-refractivity contribution in [1.82, 2.24) is 24.7 Å². The summed E-state index contributed by atoms with van der Waals surface area (Å²) >= 11 is 0. The van der Waals surface area contributed by atoms with Gasteiger partial charge in [-0.1, -0.05) is 6.07 Å². The average Bonchev–Trinajstić information content (AvgIpc) is 3.28. The van der Waals surface area contributed by atoms with E-state index in [0.29, 0.717) is 22.0 Å². The number of alkyl halides is 6. The molecule has 0 saturated heterocycles. The Labute approximate surface area is 204 Å². The first-order valence-electron chi connectivity index (χ1n) is 10.7. The lowest BCUT2D eigenvalue weighted by atomic mass is 10.0. The van der Waals surface area contributed by atoms with Gasteiger partial charge in [-0.3, -0.25) is 19.9 Å². The second-order valence-corrected chi connectivity index (χ2v) is 8.19. The topological polar surface area (TPSA) is 76.5 Å². The highest BCUT2D eigenvalue weighted by Crippen LogP contribution is 2.34. The second-order valence-electron chi connectivity index (χ2n) is 8.19. The van der Waals surface area contributed by atoms with Gasteiger partial charge in [0.15, 0.2) is 0 Å². The van der Waals surface area contributed by atoms with Gasteiger partial charge < -0.3 is 4.57 Å². The zero-order chi connectivity index (χ0) is 26.4. The van der Waals surface area contributed by atoms with Crippen LogP contribution in [0, 0.1) is 0 Å². The van der Waals surface area contributed by atoms with Gasteiger partial charge >= 0.3 is 12.4 Å². The van der Waals surface area contributed by atoms with E-state index in [1.165, 1.54) is 29.0 Å². The fourth-order valence-corrected chi connectivity index (χ4v) is 3.89. The molecule has 1 N–H and O–H groups in total. The number of fused-ring (bicyclic) bond motifs is 1. The number of aromatic amines is 1. The molecule has 0 unspecified atom stereocenters. The van der Waals surface area contributed by atoms with Crippen molar-refractivity contribution in [2.75, 3.05) is 0 Å². The quantitative estimate of drug-likeness (QED) is 0.301. The van der Waals surface area contributed by atoms with Crippen LogP contribution >= 0.6 is 0 Å². The van der Waals surface area contributed by atoms with Crippen molar-refractivity contribution in [2.24, 2.45) is 0 Å². The number of halogens is 6. The number of nitrogens with zero attached hydrogens (tertiary/aromatic N) is 4. The molecule has 0 fully saturated rings. The molecule has 0 aliphatic carbocycles. The van der Waals surface area contributed by atoms with E-state index < -0.39 is 29.3 Å². The molecular weight excluding hydrogens is 500 g/mol. The molecule has 0 aliphatic heterocycles. The molecule has 0 bridgehead atoms. The second kappa shape index (κ2) is 8.87. The predicted octanol–water partition coefficient (Wildman–Crippen LogP) is 5.93. The van der Waals surface area contributed by atoms with E-state index in [0.717, 1.165) is 24.5 Å². The highest BCUT2D eigenvalue weighted by molar-refractivity contribution is 5.95. The zero-order valence-corrected chi connectivity index (χ0v) is 18.6. The molecule has 0 spiro atoms. The Bertz CT molecular complexity index is 1670. The van der Waals surface area contributed by atoms with E-state index in [9.17, 15) is 31.1 Å². The molecule has 0 saturated carbocycles. The molecule has 5 rings (SSSR count). The minimum Gasteiger partial charge on any atom is -0.311 e. The number of H-pyrrole nitrogens is 1. The molecule has 0 aliphatic rings. The van der Waals surface area contributed by atoms with Gasteiger partial charge in [-0.2, -0.15) is 31.4 Å². The van der Waals surface area contributed by atoms with Crippen molar-refractivity contribution < 1.29 is 26.3 Å². The molecule has 37 heavy (non-hydrogen) atoms. The summed E-state index contributed by atoms with van der Waals surface area (Å²) in [6.07, 6.45) is -5.65. The molecule has 0 atom stereocenters. The summed E-state index contributed by atoms with van der Waals surface area (Å²) in [5.41, 5.74) is -0.0625. The Morgan fingerprint density at radius 1 is 0.757 bits per heavy atom. The highest BCUT2D eigenvalue weighted by Gasteiger charge is 2.33. The van der Waals surface area contributed by atoms with Crippen LogP contribution in [0.15, 0.2) is 78.0 Å². The van der Waals surface area contributed by atoms with E-state index in [-0.39, 0.29) is 23.4 Å². The molecular formula is C25H15F6N5O. The van der Waals surface area contributed by atoms with E-state index in [1.807, 2.05) is 0 Å². The monoisotopic (exact) mass is 515 g/mol. The maximum atomic E-state index is 13.1. The zero-order valence-electron chi connectivity index (χ0n) is 18.6. The summed E-state index contributed by atoms with van der Waals surface area (Å²) in [4.78, 5) is 19.4. The van der Waals surface area contributed by atoms with Crippen molar-refractivity contribution >= 4 is 10.9 Å². The molecule has 4 heterocycles. The van der Waals surface area contributed by atoms with Gasteiger partial charge in [-0.15, -0.1) is 0 Å². The van der Waals surface area contributed by atoms with Crippen molar-refractivity contribution in [3.63, 3.8) is 0 Å². The first-order chi connectivity index (χ1) is 17.5. The van der Waals surface area contributed by atoms with Crippen LogP contribution in [-0.2, 0) is 18.9 Å². The third-order valence-electron chi connectivity index (χ3n) is 5.68. The van der Waals surface area contributed by atoms with E-state index in [4.69, 9.17) is 0 Å². The number of hydrogen-bond donors (Lipinski definition) is 1. The van der Waals surface area contributed by atoms with Crippen molar-refractivity contribution in [3.8, 4) is 22.4 Å². The minimum atomic E-state index is -4.61. The van der Waals surface area contributed by atoms with E-state index in [1.54, 1.807) is 24.3 Å². The van der Waals surface area contributed by atoms with Gasteiger partial charge in [-0.05, 0) is 59.2 Å². The Hall–Kier alpha value is -4.48. The molecule has 6 nitrogen and oxygen atoms in total. The predicted molar refractivity (Wildman–Crippen MR) is 122 cm³/mol. The van der Waals surface area contributed by atoms with Crippen LogP contribution in [0.1, 0.15) is 17.0 Å². The van der Waals surface area contributed by atoms with Crippen LogP contribution in [0.2, 0.25) is 0 Å². The Balaban J connectivity index is 1.47. The van der Waals surface area contributed by atoms with E-state index in [2.05, 4.69) is 20.2 Å². The average molecular weight is 515 g/mol. The minimum absolute atomic E-state index is 0.0841. The number of aromatic nitrogens is 5. The fourth-order valence-electron chi connectivity index (χ4n) is 3.89. The maximum Gasteiger partial charge on any atom is 0.433 e. The lowest BCUT2D eigenvalue weighted by molar-refractivity contribution is -0.142. The van der Waals surface area contributed by atoms with Gasteiger partial charge in [-0.25, -0.2) is 0 Å². The Morgan fingerprint density at radius 2 is 1.43 bits per heavy atom. The van der Waals surface area contributed by atoms with Crippen LogP contribution < -0.4 is 5.56 Å². The van der Waals surface area contributed by atoms with Crippen LogP contribution in [0.4, 0.5) is 26.3 Å². The number of benzene rings is 1. The Kier molecular flexibility index (Phi) is 5.81. The highest BCUT2D eigenvalue weighted by atomic mass is 19.4. The smallest absolute Gasteiger partial charge is 0.311 e. The van der Waals surface area contributed by atoms with Gasteiger partial charge in [0.1, 0.15) is 17.1 Å². The first-order valence-corrected chi connectivity index (χ1v) is 10.7. The lowest BCUT2D eigenvalue weighted by Gasteiger charge is -2.10. The molecule has 1 aromatic carbocycles. The maximum absolute atomic E-state index is 13.1. The summed E-state index contributed by atoms with van der Waals surface area (Å²) in [6, 6.07) is 12.7. The van der Waals surface area contributed by atoms with Crippen molar-refractivity contribution in [2.45, 2.75) is 18.9 Å². The third kappa shape index (κ3) is 4.95. The molecule has 0 amide bonds. The third-order valence-corrected chi connectivity index (χ3v) is 5.68. The Morgan fingerprint density at radius 3 is 2.14 bits per heavy atom. The van der Waals surface area contributed by atoms with Crippen molar-refractivity contribution in [1.29, 1.82) is 0 Å². The van der Waals surface area contributed by atoms with Crippen molar-refractivity contribution in [3.05, 3.63) is 100 Å². The summed E-state index contributed by atoms with van der Waals surface area (Å²) in [5.74, 6) is 0. The first kappa shape index (κ1) is 24.2.